The minimum Gasteiger partial charge on any atom is -0.336 e. The second-order valence-electron chi connectivity index (χ2n) is 5.17. The molecule has 2 aromatic heterocycles. The topological polar surface area (TPSA) is 28.5 Å². The molecule has 0 spiro atoms. The largest absolute Gasteiger partial charge is 0.336 e. The Hall–Kier alpha value is -1.33. The van der Waals surface area contributed by atoms with E-state index >= 15 is 0 Å². The van der Waals surface area contributed by atoms with E-state index in [4.69, 9.17) is 0 Å². The van der Waals surface area contributed by atoms with Crippen molar-refractivity contribution in [3.8, 4) is 0 Å². The Morgan fingerprint density at radius 1 is 1.20 bits per heavy atom. The van der Waals surface area contributed by atoms with Gasteiger partial charge in [0.1, 0.15) is 5.69 Å². The molecule has 3 rings (SSSR count). The van der Waals surface area contributed by atoms with Crippen molar-refractivity contribution < 1.29 is 4.79 Å². The fourth-order valence-corrected chi connectivity index (χ4v) is 3.75. The number of aryl methyl sites for hydroxylation is 1. The molecule has 2 aromatic rings. The van der Waals surface area contributed by atoms with E-state index in [0.717, 1.165) is 45.0 Å². The molecule has 5 heteroatoms. The minimum atomic E-state index is 0.186. The summed E-state index contributed by atoms with van der Waals surface area (Å²) in [5, 5.41) is 2.09. The summed E-state index contributed by atoms with van der Waals surface area (Å²) in [4.78, 5) is 17.1. The van der Waals surface area contributed by atoms with Crippen molar-refractivity contribution in [1.29, 1.82) is 0 Å². The summed E-state index contributed by atoms with van der Waals surface area (Å²) in [5.74, 6) is 0.186. The van der Waals surface area contributed by atoms with Crippen molar-refractivity contribution in [2.45, 2.75) is 20.4 Å². The van der Waals surface area contributed by atoms with Crippen molar-refractivity contribution in [2.75, 3.05) is 32.7 Å². The highest BCUT2D eigenvalue weighted by molar-refractivity contribution is 7.17. The highest BCUT2D eigenvalue weighted by Crippen LogP contribution is 2.26. The second-order valence-corrected chi connectivity index (χ2v) is 6.12. The Bertz CT molecular complexity index is 608. The van der Waals surface area contributed by atoms with Crippen LogP contribution in [0.25, 0.3) is 10.2 Å². The number of hydrogen-bond donors (Lipinski definition) is 0. The van der Waals surface area contributed by atoms with Crippen LogP contribution in [0.3, 0.4) is 0 Å². The lowest BCUT2D eigenvalue weighted by Crippen LogP contribution is -2.48. The van der Waals surface area contributed by atoms with Gasteiger partial charge in [0.05, 0.1) is 10.2 Å². The van der Waals surface area contributed by atoms with E-state index < -0.39 is 0 Å². The lowest BCUT2D eigenvalue weighted by molar-refractivity contribution is 0.0633. The van der Waals surface area contributed by atoms with Crippen LogP contribution in [-0.4, -0.2) is 53.0 Å². The van der Waals surface area contributed by atoms with Gasteiger partial charge in [0.25, 0.3) is 5.91 Å². The van der Waals surface area contributed by atoms with Crippen LogP contribution < -0.4 is 0 Å². The molecule has 0 N–H and O–H groups in total. The highest BCUT2D eigenvalue weighted by Gasteiger charge is 2.24. The number of amides is 1. The highest BCUT2D eigenvalue weighted by atomic mass is 32.1. The monoisotopic (exact) mass is 291 g/mol. The maximum atomic E-state index is 12.7. The van der Waals surface area contributed by atoms with Gasteiger partial charge in [-0.3, -0.25) is 4.79 Å². The number of thiophene rings is 1. The third kappa shape index (κ3) is 2.25. The van der Waals surface area contributed by atoms with Gasteiger partial charge in [0.2, 0.25) is 0 Å². The van der Waals surface area contributed by atoms with E-state index in [0.29, 0.717) is 0 Å². The predicted molar refractivity (Wildman–Crippen MR) is 83.5 cm³/mol. The van der Waals surface area contributed by atoms with Crippen molar-refractivity contribution in [3.05, 3.63) is 23.2 Å². The maximum absolute atomic E-state index is 12.7. The molecule has 3 heterocycles. The van der Waals surface area contributed by atoms with Gasteiger partial charge in [-0.25, -0.2) is 0 Å². The number of nitrogens with zero attached hydrogens (tertiary/aromatic N) is 3. The molecule has 108 valence electrons. The SMILES string of the molecule is CCN1CCN(C(=O)c2cc3sccc3n2CC)CC1. The molecule has 0 saturated carbocycles. The molecule has 1 fully saturated rings. The molecule has 1 aliphatic heterocycles. The van der Waals surface area contributed by atoms with Gasteiger partial charge in [-0.05, 0) is 31.0 Å². The van der Waals surface area contributed by atoms with E-state index in [-0.39, 0.29) is 5.91 Å². The number of rotatable bonds is 3. The molecular formula is C15H21N3OS. The number of piperazine rings is 1. The normalized spacial score (nSPS) is 17.0. The predicted octanol–water partition coefficient (Wildman–Crippen LogP) is 2.50. The van der Waals surface area contributed by atoms with Crippen LogP contribution in [0.2, 0.25) is 0 Å². The summed E-state index contributed by atoms with van der Waals surface area (Å²) >= 11 is 1.71. The second kappa shape index (κ2) is 5.58. The molecular weight excluding hydrogens is 270 g/mol. The molecule has 0 unspecified atom stereocenters. The van der Waals surface area contributed by atoms with E-state index in [2.05, 4.69) is 40.8 Å². The Labute approximate surface area is 123 Å². The van der Waals surface area contributed by atoms with Crippen LogP contribution >= 0.6 is 11.3 Å². The molecule has 4 nitrogen and oxygen atoms in total. The van der Waals surface area contributed by atoms with Crippen LogP contribution in [0.15, 0.2) is 17.5 Å². The lowest BCUT2D eigenvalue weighted by Gasteiger charge is -2.34. The molecule has 20 heavy (non-hydrogen) atoms. The maximum Gasteiger partial charge on any atom is 0.270 e. The smallest absolute Gasteiger partial charge is 0.270 e. The van der Waals surface area contributed by atoms with Gasteiger partial charge in [-0.1, -0.05) is 6.92 Å². The zero-order valence-electron chi connectivity index (χ0n) is 12.1. The van der Waals surface area contributed by atoms with Crippen LogP contribution in [0.5, 0.6) is 0 Å². The van der Waals surface area contributed by atoms with Gasteiger partial charge < -0.3 is 14.4 Å². The molecule has 1 amide bonds. The van der Waals surface area contributed by atoms with Crippen LogP contribution in [-0.2, 0) is 6.54 Å². The minimum absolute atomic E-state index is 0.186. The first-order valence-corrected chi connectivity index (χ1v) is 8.21. The molecule has 0 aromatic carbocycles. The summed E-state index contributed by atoms with van der Waals surface area (Å²) < 4.78 is 3.35. The van der Waals surface area contributed by atoms with Gasteiger partial charge in [0, 0.05) is 32.7 Å². The zero-order chi connectivity index (χ0) is 14.1. The summed E-state index contributed by atoms with van der Waals surface area (Å²) in [5.41, 5.74) is 2.03. The van der Waals surface area contributed by atoms with Crippen LogP contribution in [0.1, 0.15) is 24.3 Å². The Morgan fingerprint density at radius 3 is 2.60 bits per heavy atom. The third-order valence-corrected chi connectivity index (χ3v) is 5.02. The number of hydrogen-bond acceptors (Lipinski definition) is 3. The average molecular weight is 291 g/mol. The number of aromatic nitrogens is 1. The summed E-state index contributed by atoms with van der Waals surface area (Å²) in [6, 6.07) is 4.16. The van der Waals surface area contributed by atoms with Gasteiger partial charge in [0.15, 0.2) is 0 Å². The van der Waals surface area contributed by atoms with E-state index in [9.17, 15) is 4.79 Å². The molecule has 1 saturated heterocycles. The molecule has 0 atom stereocenters. The van der Waals surface area contributed by atoms with Crippen molar-refractivity contribution in [3.63, 3.8) is 0 Å². The van der Waals surface area contributed by atoms with Crippen LogP contribution in [0.4, 0.5) is 0 Å². The molecule has 0 radical (unpaired) electrons. The zero-order valence-corrected chi connectivity index (χ0v) is 12.9. The van der Waals surface area contributed by atoms with Crippen molar-refractivity contribution >= 4 is 27.5 Å². The molecule has 0 bridgehead atoms. The Kier molecular flexibility index (Phi) is 3.81. The lowest BCUT2D eigenvalue weighted by atomic mass is 10.2. The summed E-state index contributed by atoms with van der Waals surface area (Å²) in [7, 11) is 0. The quantitative estimate of drug-likeness (QED) is 0.869. The van der Waals surface area contributed by atoms with Gasteiger partial charge in [-0.15, -0.1) is 11.3 Å². The number of carbonyl (C=O) groups excluding carboxylic acids is 1. The van der Waals surface area contributed by atoms with Crippen LogP contribution in [0, 0.1) is 0 Å². The number of fused-ring (bicyclic) bond motifs is 1. The fraction of sp³-hybridized carbons (Fsp3) is 0.533. The van der Waals surface area contributed by atoms with E-state index in [1.165, 1.54) is 10.2 Å². The average Bonchev–Trinajstić information content (AvgIpc) is 3.06. The first-order valence-electron chi connectivity index (χ1n) is 7.33. The van der Waals surface area contributed by atoms with Crippen molar-refractivity contribution in [1.82, 2.24) is 14.4 Å². The Balaban J connectivity index is 1.83. The standard InChI is InChI=1S/C15H21N3OS/c1-3-16-6-8-17(9-7-16)15(19)13-11-14-12(5-10-20-14)18(13)4-2/h5,10-11H,3-4,6-9H2,1-2H3. The third-order valence-electron chi connectivity index (χ3n) is 4.16. The van der Waals surface area contributed by atoms with Crippen molar-refractivity contribution in [2.24, 2.45) is 0 Å². The summed E-state index contributed by atoms with van der Waals surface area (Å²) in [6.07, 6.45) is 0. The molecule has 0 aliphatic carbocycles. The first kappa shape index (κ1) is 13.6. The van der Waals surface area contributed by atoms with E-state index in [1.54, 1.807) is 11.3 Å². The Morgan fingerprint density at radius 2 is 1.95 bits per heavy atom. The first-order chi connectivity index (χ1) is 9.74. The number of likely N-dealkylation sites (N-methyl/N-ethyl adjacent to an activating group) is 1. The summed E-state index contributed by atoms with van der Waals surface area (Å²) in [6.45, 7) is 9.85. The molecule has 1 aliphatic rings. The van der Waals surface area contributed by atoms with Gasteiger partial charge in [-0.2, -0.15) is 0 Å². The fourth-order valence-electron chi connectivity index (χ4n) is 2.92. The number of carbonyl (C=O) groups is 1. The van der Waals surface area contributed by atoms with E-state index in [1.807, 2.05) is 4.90 Å². The van der Waals surface area contributed by atoms with Gasteiger partial charge >= 0.3 is 0 Å².